The van der Waals surface area contributed by atoms with Gasteiger partial charge in [-0.05, 0) is 31.0 Å². The fraction of sp³-hybridized carbons (Fsp3) is 0.357. The third-order valence-electron chi connectivity index (χ3n) is 3.54. The second-order valence-electron chi connectivity index (χ2n) is 5.18. The van der Waals surface area contributed by atoms with Gasteiger partial charge in [0.15, 0.2) is 9.84 Å². The van der Waals surface area contributed by atoms with Gasteiger partial charge in [0.1, 0.15) is 5.69 Å². The number of benzene rings is 1. The van der Waals surface area contributed by atoms with Crippen LogP contribution >= 0.6 is 11.6 Å². The summed E-state index contributed by atoms with van der Waals surface area (Å²) in [5, 5.41) is 8.09. The molecule has 21 heavy (non-hydrogen) atoms. The zero-order chi connectivity index (χ0) is 14.9. The lowest BCUT2D eigenvalue weighted by atomic mass is 10.1. The van der Waals surface area contributed by atoms with Gasteiger partial charge in [-0.1, -0.05) is 17.7 Å². The van der Waals surface area contributed by atoms with Crippen molar-refractivity contribution in [1.82, 2.24) is 9.78 Å². The highest BCUT2D eigenvalue weighted by molar-refractivity contribution is 7.91. The Morgan fingerprint density at radius 1 is 1.33 bits per heavy atom. The molecule has 112 valence electrons. The third-order valence-corrected chi connectivity index (χ3v) is 5.67. The van der Waals surface area contributed by atoms with E-state index in [2.05, 4.69) is 10.4 Å². The van der Waals surface area contributed by atoms with E-state index in [4.69, 9.17) is 11.6 Å². The van der Waals surface area contributed by atoms with Crippen molar-refractivity contribution in [1.29, 1.82) is 0 Å². The Hall–Kier alpha value is -1.53. The Labute approximate surface area is 128 Å². The quantitative estimate of drug-likeness (QED) is 0.941. The van der Waals surface area contributed by atoms with Gasteiger partial charge in [0.05, 0.1) is 22.2 Å². The molecule has 1 aromatic carbocycles. The van der Waals surface area contributed by atoms with Crippen molar-refractivity contribution in [2.75, 3.05) is 16.8 Å². The maximum absolute atomic E-state index is 11.7. The van der Waals surface area contributed by atoms with Gasteiger partial charge >= 0.3 is 0 Å². The van der Waals surface area contributed by atoms with Crippen molar-refractivity contribution in [2.24, 2.45) is 0 Å². The molecule has 1 unspecified atom stereocenters. The standard InChI is InChI=1S/C14H16ClN3O2S/c15-12-5-1-6-13(14(12)18-8-3-7-16-18)17-11-4-2-9-21(19,20)10-11/h1,3,5-8,11,17H,2,4,9-10H2. The summed E-state index contributed by atoms with van der Waals surface area (Å²) in [7, 11) is -2.95. The summed E-state index contributed by atoms with van der Waals surface area (Å²) in [4.78, 5) is 0. The van der Waals surface area contributed by atoms with E-state index in [1.165, 1.54) is 0 Å². The van der Waals surface area contributed by atoms with Crippen LogP contribution in [0.5, 0.6) is 0 Å². The van der Waals surface area contributed by atoms with E-state index < -0.39 is 9.84 Å². The molecule has 1 aromatic heterocycles. The van der Waals surface area contributed by atoms with E-state index in [1.807, 2.05) is 24.4 Å². The van der Waals surface area contributed by atoms with E-state index in [9.17, 15) is 8.42 Å². The van der Waals surface area contributed by atoms with Gasteiger partial charge < -0.3 is 5.32 Å². The van der Waals surface area contributed by atoms with Crippen molar-refractivity contribution in [2.45, 2.75) is 18.9 Å². The summed E-state index contributed by atoms with van der Waals surface area (Å²) in [6, 6.07) is 7.26. The van der Waals surface area contributed by atoms with E-state index in [-0.39, 0.29) is 17.5 Å². The number of halogens is 1. The summed E-state index contributed by atoms with van der Waals surface area (Å²) in [5.41, 5.74) is 1.54. The summed E-state index contributed by atoms with van der Waals surface area (Å²) in [6.45, 7) is 0. The largest absolute Gasteiger partial charge is 0.379 e. The molecule has 2 heterocycles. The van der Waals surface area contributed by atoms with Crippen LogP contribution in [-0.4, -0.2) is 35.7 Å². The molecule has 5 nitrogen and oxygen atoms in total. The number of hydrogen-bond acceptors (Lipinski definition) is 4. The molecule has 1 saturated heterocycles. The lowest BCUT2D eigenvalue weighted by molar-refractivity contribution is 0.562. The third kappa shape index (κ3) is 3.22. The molecule has 7 heteroatoms. The molecule has 0 amide bonds. The summed E-state index contributed by atoms with van der Waals surface area (Å²) >= 11 is 6.28. The molecule has 1 N–H and O–H groups in total. The minimum absolute atomic E-state index is 0.0865. The van der Waals surface area contributed by atoms with Gasteiger partial charge in [0, 0.05) is 18.4 Å². The monoisotopic (exact) mass is 325 g/mol. The number of para-hydroxylation sites is 1. The van der Waals surface area contributed by atoms with Crippen LogP contribution in [0.3, 0.4) is 0 Å². The van der Waals surface area contributed by atoms with Gasteiger partial charge in [-0.25, -0.2) is 13.1 Å². The number of sulfone groups is 1. The molecular formula is C14H16ClN3O2S. The minimum atomic E-state index is -2.95. The SMILES string of the molecule is O=S1(=O)CCCC(Nc2cccc(Cl)c2-n2cccn2)C1. The van der Waals surface area contributed by atoms with Gasteiger partial charge in [0.2, 0.25) is 0 Å². The van der Waals surface area contributed by atoms with E-state index in [0.717, 1.165) is 17.8 Å². The van der Waals surface area contributed by atoms with Crippen LogP contribution in [-0.2, 0) is 9.84 Å². The first-order valence-corrected chi connectivity index (χ1v) is 9.00. The van der Waals surface area contributed by atoms with Crippen LogP contribution in [0.1, 0.15) is 12.8 Å². The molecular weight excluding hydrogens is 310 g/mol. The second kappa shape index (κ2) is 5.69. The fourth-order valence-corrected chi connectivity index (χ4v) is 4.52. The van der Waals surface area contributed by atoms with E-state index >= 15 is 0 Å². The van der Waals surface area contributed by atoms with Crippen molar-refractivity contribution in [3.63, 3.8) is 0 Å². The Balaban J connectivity index is 1.91. The predicted molar refractivity (Wildman–Crippen MR) is 83.9 cm³/mol. The molecule has 1 fully saturated rings. The number of rotatable bonds is 3. The van der Waals surface area contributed by atoms with Crippen molar-refractivity contribution < 1.29 is 8.42 Å². The fourth-order valence-electron chi connectivity index (χ4n) is 2.62. The first-order valence-electron chi connectivity index (χ1n) is 6.81. The lowest BCUT2D eigenvalue weighted by Gasteiger charge is -2.25. The summed E-state index contributed by atoms with van der Waals surface area (Å²) in [5.74, 6) is 0.449. The maximum atomic E-state index is 11.7. The van der Waals surface area contributed by atoms with Crippen molar-refractivity contribution in [3.8, 4) is 5.69 Å². The highest BCUT2D eigenvalue weighted by Crippen LogP contribution is 2.29. The predicted octanol–water partition coefficient (Wildman–Crippen LogP) is 2.51. The molecule has 0 aliphatic carbocycles. The highest BCUT2D eigenvalue weighted by atomic mass is 35.5. The van der Waals surface area contributed by atoms with E-state index in [1.54, 1.807) is 16.9 Å². The molecule has 0 bridgehead atoms. The smallest absolute Gasteiger partial charge is 0.152 e. The highest BCUT2D eigenvalue weighted by Gasteiger charge is 2.25. The molecule has 1 aliphatic heterocycles. The number of nitrogens with one attached hydrogen (secondary N) is 1. The van der Waals surface area contributed by atoms with Crippen molar-refractivity contribution in [3.05, 3.63) is 41.7 Å². The van der Waals surface area contributed by atoms with Crippen LogP contribution < -0.4 is 5.32 Å². The zero-order valence-electron chi connectivity index (χ0n) is 11.4. The van der Waals surface area contributed by atoms with Crippen LogP contribution in [0.15, 0.2) is 36.7 Å². The average Bonchev–Trinajstić information content (AvgIpc) is 2.91. The Morgan fingerprint density at radius 2 is 2.19 bits per heavy atom. The van der Waals surface area contributed by atoms with Crippen LogP contribution in [0.25, 0.3) is 5.69 Å². The summed E-state index contributed by atoms with van der Waals surface area (Å²) < 4.78 is 25.2. The van der Waals surface area contributed by atoms with Gasteiger partial charge in [-0.15, -0.1) is 0 Å². The molecule has 2 aromatic rings. The van der Waals surface area contributed by atoms with E-state index in [0.29, 0.717) is 11.4 Å². The second-order valence-corrected chi connectivity index (χ2v) is 7.82. The molecule has 0 radical (unpaired) electrons. The zero-order valence-corrected chi connectivity index (χ0v) is 12.9. The van der Waals surface area contributed by atoms with Gasteiger partial charge in [0.25, 0.3) is 0 Å². The normalized spacial score (nSPS) is 21.1. The number of aromatic nitrogens is 2. The van der Waals surface area contributed by atoms with Crippen LogP contribution in [0, 0.1) is 0 Å². The maximum Gasteiger partial charge on any atom is 0.152 e. The molecule has 3 rings (SSSR count). The van der Waals surface area contributed by atoms with Crippen molar-refractivity contribution >= 4 is 27.1 Å². The molecule has 1 aliphatic rings. The number of nitrogens with zero attached hydrogens (tertiary/aromatic N) is 2. The lowest BCUT2D eigenvalue weighted by Crippen LogP contribution is -2.35. The van der Waals surface area contributed by atoms with Crippen LogP contribution in [0.4, 0.5) is 5.69 Å². The first-order chi connectivity index (χ1) is 10.1. The molecule has 1 atom stereocenters. The Morgan fingerprint density at radius 3 is 2.90 bits per heavy atom. The number of anilines is 1. The topological polar surface area (TPSA) is 64.0 Å². The Bertz CT molecular complexity index is 729. The molecule has 0 spiro atoms. The number of hydrogen-bond donors (Lipinski definition) is 1. The first kappa shape index (κ1) is 14.4. The Kier molecular flexibility index (Phi) is 3.91. The minimum Gasteiger partial charge on any atom is -0.379 e. The van der Waals surface area contributed by atoms with Gasteiger partial charge in [-0.3, -0.25) is 0 Å². The summed E-state index contributed by atoms with van der Waals surface area (Å²) in [6.07, 6.45) is 5.02. The van der Waals surface area contributed by atoms with Gasteiger partial charge in [-0.2, -0.15) is 5.10 Å². The van der Waals surface area contributed by atoms with Crippen LogP contribution in [0.2, 0.25) is 5.02 Å². The molecule has 0 saturated carbocycles. The average molecular weight is 326 g/mol.